The predicted octanol–water partition coefficient (Wildman–Crippen LogP) is 0.578. The first-order chi connectivity index (χ1) is 10.2. The molecule has 106 valence electrons. The number of nitrogens with one attached hydrogen (secondary N) is 2. The van der Waals surface area contributed by atoms with Crippen molar-refractivity contribution in [2.75, 3.05) is 0 Å². The molecule has 2 heterocycles. The molecule has 0 aromatic heterocycles. The van der Waals surface area contributed by atoms with Crippen LogP contribution >= 0.6 is 0 Å². The van der Waals surface area contributed by atoms with Crippen molar-refractivity contribution < 1.29 is 14.7 Å². The van der Waals surface area contributed by atoms with Crippen LogP contribution in [0.15, 0.2) is 36.4 Å². The second-order valence-electron chi connectivity index (χ2n) is 5.25. The van der Waals surface area contributed by atoms with Gasteiger partial charge in [0, 0.05) is 22.9 Å². The lowest BCUT2D eigenvalue weighted by Crippen LogP contribution is -2.52. The Balaban J connectivity index is 1.89. The molecule has 2 aromatic carbocycles. The zero-order chi connectivity index (χ0) is 14.6. The van der Waals surface area contributed by atoms with Crippen molar-refractivity contribution in [3.05, 3.63) is 47.5 Å². The van der Waals surface area contributed by atoms with E-state index < -0.39 is 12.4 Å². The molecule has 2 amide bonds. The molecule has 3 N–H and O–H groups in total. The first-order valence-electron chi connectivity index (χ1n) is 6.75. The number of benzene rings is 2. The summed E-state index contributed by atoms with van der Waals surface area (Å²) in [4.78, 5) is 26.5. The van der Waals surface area contributed by atoms with Crippen LogP contribution in [0, 0.1) is 0 Å². The molecular formula is C15H13N3O3. The number of hydrogen-bond donors (Lipinski definition) is 3. The molecule has 2 aliphatic heterocycles. The van der Waals surface area contributed by atoms with Crippen LogP contribution in [0.3, 0.4) is 0 Å². The van der Waals surface area contributed by atoms with Crippen LogP contribution in [0.25, 0.3) is 10.8 Å². The first kappa shape index (κ1) is 12.5. The zero-order valence-corrected chi connectivity index (χ0v) is 11.0. The van der Waals surface area contributed by atoms with Crippen LogP contribution < -0.4 is 10.9 Å². The van der Waals surface area contributed by atoms with Gasteiger partial charge in [0.1, 0.15) is 12.4 Å². The topological polar surface area (TPSA) is 81.7 Å². The molecule has 0 bridgehead atoms. The maximum absolute atomic E-state index is 12.7. The number of rotatable bonds is 1. The average Bonchev–Trinajstić information content (AvgIpc) is 2.91. The van der Waals surface area contributed by atoms with E-state index >= 15 is 0 Å². The molecule has 0 aliphatic carbocycles. The summed E-state index contributed by atoms with van der Waals surface area (Å²) in [5, 5.41) is 11.1. The Hall–Kier alpha value is -2.28. The number of nitrogens with zero attached hydrogens (tertiary/aromatic N) is 1. The Morgan fingerprint density at radius 1 is 1.00 bits per heavy atom. The van der Waals surface area contributed by atoms with E-state index in [1.165, 1.54) is 4.90 Å². The fourth-order valence-corrected chi connectivity index (χ4v) is 3.02. The molecule has 21 heavy (non-hydrogen) atoms. The lowest BCUT2D eigenvalue weighted by Gasteiger charge is -2.31. The molecule has 2 atom stereocenters. The minimum atomic E-state index is -0.774. The van der Waals surface area contributed by atoms with Gasteiger partial charge in [-0.25, -0.2) is 10.9 Å². The lowest BCUT2D eigenvalue weighted by atomic mass is 9.93. The maximum atomic E-state index is 12.7. The van der Waals surface area contributed by atoms with Gasteiger partial charge in [0.2, 0.25) is 0 Å². The molecule has 2 aliphatic rings. The van der Waals surface area contributed by atoms with Crippen LogP contribution in [0.2, 0.25) is 0 Å². The van der Waals surface area contributed by atoms with Crippen molar-refractivity contribution in [3.63, 3.8) is 0 Å². The van der Waals surface area contributed by atoms with Gasteiger partial charge in [-0.3, -0.25) is 14.5 Å². The molecule has 2 aromatic rings. The molecular weight excluding hydrogens is 270 g/mol. The SMILES string of the molecule is O=C1c2cccc3cccc(c23)C(=O)N1C1CC(O)NN1. The Bertz CT molecular complexity index is 723. The molecule has 6 nitrogen and oxygen atoms in total. The zero-order valence-electron chi connectivity index (χ0n) is 11.0. The van der Waals surface area contributed by atoms with Gasteiger partial charge in [-0.2, -0.15) is 0 Å². The first-order valence-corrected chi connectivity index (χ1v) is 6.75. The van der Waals surface area contributed by atoms with Gasteiger partial charge in [0.05, 0.1) is 0 Å². The number of hydrogen-bond acceptors (Lipinski definition) is 5. The van der Waals surface area contributed by atoms with Crippen molar-refractivity contribution in [2.24, 2.45) is 0 Å². The smallest absolute Gasteiger partial charge is 0.262 e. The van der Waals surface area contributed by atoms with Crippen molar-refractivity contribution in [1.82, 2.24) is 15.8 Å². The highest BCUT2D eigenvalue weighted by atomic mass is 16.3. The number of carbonyl (C=O) groups excluding carboxylic acids is 2. The number of aliphatic hydroxyl groups is 1. The molecule has 0 saturated carbocycles. The van der Waals surface area contributed by atoms with E-state index in [0.29, 0.717) is 16.5 Å². The number of carbonyl (C=O) groups is 2. The minimum Gasteiger partial charge on any atom is -0.377 e. The van der Waals surface area contributed by atoms with E-state index in [0.717, 1.165) is 5.39 Å². The van der Waals surface area contributed by atoms with Crippen molar-refractivity contribution in [3.8, 4) is 0 Å². The summed E-state index contributed by atoms with van der Waals surface area (Å²) < 4.78 is 0. The third-order valence-electron chi connectivity index (χ3n) is 3.98. The van der Waals surface area contributed by atoms with Gasteiger partial charge in [0.15, 0.2) is 0 Å². The summed E-state index contributed by atoms with van der Waals surface area (Å²) in [6, 6.07) is 10.8. The van der Waals surface area contributed by atoms with Gasteiger partial charge in [0.25, 0.3) is 11.8 Å². The molecule has 2 unspecified atom stereocenters. The molecule has 1 saturated heterocycles. The molecule has 0 radical (unpaired) electrons. The summed E-state index contributed by atoms with van der Waals surface area (Å²) in [5.41, 5.74) is 6.44. The highest BCUT2D eigenvalue weighted by Gasteiger charge is 2.40. The van der Waals surface area contributed by atoms with Gasteiger partial charge in [-0.15, -0.1) is 0 Å². The Morgan fingerprint density at radius 2 is 1.62 bits per heavy atom. The van der Waals surface area contributed by atoms with Gasteiger partial charge in [-0.05, 0) is 17.5 Å². The monoisotopic (exact) mass is 283 g/mol. The summed E-state index contributed by atoms with van der Waals surface area (Å²) in [5.74, 6) is -0.671. The van der Waals surface area contributed by atoms with Gasteiger partial charge >= 0.3 is 0 Å². The second-order valence-corrected chi connectivity index (χ2v) is 5.25. The lowest BCUT2D eigenvalue weighted by molar-refractivity contribution is 0.0513. The van der Waals surface area contributed by atoms with E-state index in [-0.39, 0.29) is 18.2 Å². The Kier molecular flexibility index (Phi) is 2.58. The highest BCUT2D eigenvalue weighted by Crippen LogP contribution is 2.31. The third kappa shape index (κ3) is 1.70. The summed E-state index contributed by atoms with van der Waals surface area (Å²) >= 11 is 0. The summed E-state index contributed by atoms with van der Waals surface area (Å²) in [7, 11) is 0. The van der Waals surface area contributed by atoms with Crippen molar-refractivity contribution >= 4 is 22.6 Å². The maximum Gasteiger partial charge on any atom is 0.262 e. The van der Waals surface area contributed by atoms with Gasteiger partial charge in [-0.1, -0.05) is 24.3 Å². The van der Waals surface area contributed by atoms with Crippen LogP contribution in [-0.4, -0.2) is 34.2 Å². The third-order valence-corrected chi connectivity index (χ3v) is 3.98. The number of aliphatic hydroxyl groups excluding tert-OH is 1. The Labute approximate surface area is 120 Å². The van der Waals surface area contributed by atoms with E-state index in [1.54, 1.807) is 12.1 Å². The second kappa shape index (κ2) is 4.36. The van der Waals surface area contributed by atoms with E-state index in [4.69, 9.17) is 0 Å². The van der Waals surface area contributed by atoms with Gasteiger partial charge < -0.3 is 5.11 Å². The normalized spacial score (nSPS) is 24.9. The fraction of sp³-hybridized carbons (Fsp3) is 0.200. The summed E-state index contributed by atoms with van der Waals surface area (Å²) in [6.45, 7) is 0. The summed E-state index contributed by atoms with van der Waals surface area (Å²) in [6.07, 6.45) is -1.07. The number of hydrazine groups is 1. The van der Waals surface area contributed by atoms with E-state index in [2.05, 4.69) is 10.9 Å². The predicted molar refractivity (Wildman–Crippen MR) is 75.1 cm³/mol. The largest absolute Gasteiger partial charge is 0.377 e. The minimum absolute atomic E-state index is 0.260. The standard InChI is InChI=1S/C15H13N3O3/c19-12-7-11(16-17-12)18-14(20)9-5-1-3-8-4-2-6-10(13(8)9)15(18)21/h1-6,11-12,16-17,19H,7H2. The van der Waals surface area contributed by atoms with Crippen LogP contribution in [0.1, 0.15) is 27.1 Å². The quantitative estimate of drug-likeness (QED) is 0.667. The van der Waals surface area contributed by atoms with E-state index in [9.17, 15) is 14.7 Å². The molecule has 4 rings (SSSR count). The number of amides is 2. The van der Waals surface area contributed by atoms with Crippen molar-refractivity contribution in [1.29, 1.82) is 0 Å². The van der Waals surface area contributed by atoms with Crippen LogP contribution in [-0.2, 0) is 0 Å². The van der Waals surface area contributed by atoms with E-state index in [1.807, 2.05) is 24.3 Å². The average molecular weight is 283 g/mol. The number of imide groups is 1. The molecule has 0 spiro atoms. The fourth-order valence-electron chi connectivity index (χ4n) is 3.02. The van der Waals surface area contributed by atoms with Crippen LogP contribution in [0.4, 0.5) is 0 Å². The molecule has 6 heteroatoms. The molecule has 1 fully saturated rings. The van der Waals surface area contributed by atoms with Crippen LogP contribution in [0.5, 0.6) is 0 Å². The highest BCUT2D eigenvalue weighted by molar-refractivity contribution is 6.25. The Morgan fingerprint density at radius 3 is 2.14 bits per heavy atom. The van der Waals surface area contributed by atoms with Crippen molar-refractivity contribution in [2.45, 2.75) is 18.8 Å².